The molecule has 0 bridgehead atoms. The first-order chi connectivity index (χ1) is 11.2. The van der Waals surface area contributed by atoms with Crippen molar-refractivity contribution < 1.29 is 0 Å². The number of rotatable bonds is 4. The quantitative estimate of drug-likeness (QED) is 0.924. The number of hydrogen-bond donors (Lipinski definition) is 1. The molecule has 0 amide bonds. The number of allylic oxidation sites excluding steroid dienone is 3. The lowest BCUT2D eigenvalue weighted by Gasteiger charge is -2.21. The first-order valence-corrected chi connectivity index (χ1v) is 7.98. The summed E-state index contributed by atoms with van der Waals surface area (Å²) in [7, 11) is 0. The van der Waals surface area contributed by atoms with Gasteiger partial charge in [0.05, 0.1) is 11.7 Å². The highest BCUT2D eigenvalue weighted by atomic mass is 15.4. The van der Waals surface area contributed by atoms with Crippen molar-refractivity contribution >= 4 is 5.57 Å². The van der Waals surface area contributed by atoms with Crippen LogP contribution in [-0.4, -0.2) is 15.0 Å². The molecule has 0 fully saturated rings. The molecule has 1 aliphatic rings. The molecule has 23 heavy (non-hydrogen) atoms. The standard InChI is InChI=1S/C19H22N4/c1-5-13(4)23-19-15(6-2)17(7-3)20-12-14-10-8-9-11-16(14)18(19)21-22-23/h6-11,13,20H,2-3,5,12H2,1,4H3/b17-15-. The second kappa shape index (κ2) is 6.24. The predicted molar refractivity (Wildman–Crippen MR) is 94.6 cm³/mol. The first-order valence-electron chi connectivity index (χ1n) is 7.98. The minimum absolute atomic E-state index is 0.263. The zero-order valence-corrected chi connectivity index (χ0v) is 13.7. The summed E-state index contributed by atoms with van der Waals surface area (Å²) < 4.78 is 2.00. The largest absolute Gasteiger partial charge is 0.380 e. The van der Waals surface area contributed by atoms with E-state index in [0.717, 1.165) is 41.2 Å². The third kappa shape index (κ3) is 2.50. The highest BCUT2D eigenvalue weighted by molar-refractivity contribution is 5.85. The maximum Gasteiger partial charge on any atom is 0.121 e. The predicted octanol–water partition coefficient (Wildman–Crippen LogP) is 4.10. The highest BCUT2D eigenvalue weighted by Crippen LogP contribution is 2.35. The van der Waals surface area contributed by atoms with Gasteiger partial charge in [0.25, 0.3) is 0 Å². The van der Waals surface area contributed by atoms with Gasteiger partial charge in [-0.2, -0.15) is 0 Å². The molecule has 3 rings (SSSR count). The summed E-state index contributed by atoms with van der Waals surface area (Å²) in [5.41, 5.74) is 6.19. The van der Waals surface area contributed by atoms with Crippen molar-refractivity contribution in [3.63, 3.8) is 0 Å². The zero-order chi connectivity index (χ0) is 16.4. The fourth-order valence-electron chi connectivity index (χ4n) is 2.91. The summed E-state index contributed by atoms with van der Waals surface area (Å²) in [5, 5.41) is 12.4. The molecule has 0 spiro atoms. The molecule has 4 nitrogen and oxygen atoms in total. The molecular formula is C19H22N4. The molecule has 1 N–H and O–H groups in total. The van der Waals surface area contributed by atoms with Crippen LogP contribution in [0.3, 0.4) is 0 Å². The fourth-order valence-corrected chi connectivity index (χ4v) is 2.91. The molecule has 1 unspecified atom stereocenters. The number of nitrogens with one attached hydrogen (secondary N) is 1. The van der Waals surface area contributed by atoms with Crippen molar-refractivity contribution in [2.24, 2.45) is 0 Å². The van der Waals surface area contributed by atoms with Crippen LogP contribution in [0.1, 0.15) is 37.6 Å². The molecule has 1 aliphatic heterocycles. The average molecular weight is 306 g/mol. The van der Waals surface area contributed by atoms with E-state index in [1.807, 2.05) is 29.0 Å². The number of benzene rings is 1. The number of hydrogen-bond acceptors (Lipinski definition) is 3. The Bertz CT molecular complexity index is 782. The minimum Gasteiger partial charge on any atom is -0.380 e. The Balaban J connectivity index is 2.35. The van der Waals surface area contributed by atoms with Crippen molar-refractivity contribution in [3.05, 3.63) is 66.5 Å². The van der Waals surface area contributed by atoms with Crippen molar-refractivity contribution in [3.8, 4) is 11.3 Å². The molecule has 0 aliphatic carbocycles. The molecule has 0 saturated heterocycles. The van der Waals surface area contributed by atoms with Crippen LogP contribution in [0.2, 0.25) is 0 Å². The molecule has 2 heterocycles. The van der Waals surface area contributed by atoms with E-state index in [9.17, 15) is 0 Å². The smallest absolute Gasteiger partial charge is 0.121 e. The van der Waals surface area contributed by atoms with Crippen molar-refractivity contribution in [1.29, 1.82) is 0 Å². The zero-order valence-electron chi connectivity index (χ0n) is 13.7. The maximum atomic E-state index is 4.50. The molecule has 1 aromatic carbocycles. The Hall–Kier alpha value is -2.62. The Morgan fingerprint density at radius 3 is 2.78 bits per heavy atom. The van der Waals surface area contributed by atoms with E-state index in [4.69, 9.17) is 0 Å². The normalized spacial score (nSPS) is 18.0. The van der Waals surface area contributed by atoms with Gasteiger partial charge in [-0.05, 0) is 25.0 Å². The van der Waals surface area contributed by atoms with Crippen molar-refractivity contribution in [2.45, 2.75) is 32.9 Å². The van der Waals surface area contributed by atoms with Gasteiger partial charge in [-0.15, -0.1) is 5.10 Å². The lowest BCUT2D eigenvalue weighted by Crippen LogP contribution is -2.18. The molecule has 4 heteroatoms. The third-order valence-corrected chi connectivity index (χ3v) is 4.40. The van der Waals surface area contributed by atoms with Crippen LogP contribution in [-0.2, 0) is 6.54 Å². The summed E-state index contributed by atoms with van der Waals surface area (Å²) in [6, 6.07) is 8.57. The van der Waals surface area contributed by atoms with Crippen molar-refractivity contribution in [1.82, 2.24) is 20.3 Å². The fraction of sp³-hybridized carbons (Fsp3) is 0.263. The summed E-state index contributed by atoms with van der Waals surface area (Å²) in [4.78, 5) is 0. The van der Waals surface area contributed by atoms with E-state index in [-0.39, 0.29) is 6.04 Å². The van der Waals surface area contributed by atoms with Crippen LogP contribution < -0.4 is 5.32 Å². The van der Waals surface area contributed by atoms with Crippen LogP contribution in [0.4, 0.5) is 0 Å². The highest BCUT2D eigenvalue weighted by Gasteiger charge is 2.24. The van der Waals surface area contributed by atoms with Gasteiger partial charge in [0.15, 0.2) is 0 Å². The SMILES string of the molecule is C=C/C1=C(\C=C)c2c(nnn2C(C)CC)-c2ccccc2CN1. The van der Waals surface area contributed by atoms with Crippen LogP contribution in [0.5, 0.6) is 0 Å². The molecule has 1 atom stereocenters. The van der Waals surface area contributed by atoms with Gasteiger partial charge in [-0.3, -0.25) is 0 Å². The Kier molecular flexibility index (Phi) is 4.15. The maximum absolute atomic E-state index is 4.50. The summed E-state index contributed by atoms with van der Waals surface area (Å²) in [5.74, 6) is 0. The number of aromatic nitrogens is 3. The van der Waals surface area contributed by atoms with E-state index < -0.39 is 0 Å². The Morgan fingerprint density at radius 1 is 1.30 bits per heavy atom. The van der Waals surface area contributed by atoms with E-state index in [1.165, 1.54) is 5.56 Å². The third-order valence-electron chi connectivity index (χ3n) is 4.40. The van der Waals surface area contributed by atoms with Gasteiger partial charge in [0.2, 0.25) is 0 Å². The summed E-state index contributed by atoms with van der Waals surface area (Å²) in [6.45, 7) is 13.0. The van der Waals surface area contributed by atoms with E-state index in [0.29, 0.717) is 0 Å². The van der Waals surface area contributed by atoms with Gasteiger partial charge in [-0.25, -0.2) is 4.68 Å². The molecule has 2 aromatic rings. The van der Waals surface area contributed by atoms with Gasteiger partial charge in [0.1, 0.15) is 5.69 Å². The monoisotopic (exact) mass is 306 g/mol. The van der Waals surface area contributed by atoms with Gasteiger partial charge in [-0.1, -0.05) is 55.6 Å². The van der Waals surface area contributed by atoms with Crippen LogP contribution >= 0.6 is 0 Å². The van der Waals surface area contributed by atoms with E-state index in [2.05, 4.69) is 54.8 Å². The van der Waals surface area contributed by atoms with Crippen LogP contribution in [0.15, 0.2) is 55.3 Å². The van der Waals surface area contributed by atoms with E-state index in [1.54, 1.807) is 0 Å². The lowest BCUT2D eigenvalue weighted by atomic mass is 9.96. The van der Waals surface area contributed by atoms with E-state index >= 15 is 0 Å². The molecule has 1 aromatic heterocycles. The van der Waals surface area contributed by atoms with Crippen LogP contribution in [0.25, 0.3) is 16.8 Å². The molecule has 0 radical (unpaired) electrons. The van der Waals surface area contributed by atoms with Gasteiger partial charge in [0, 0.05) is 23.4 Å². The topological polar surface area (TPSA) is 42.7 Å². The van der Waals surface area contributed by atoms with Crippen molar-refractivity contribution in [2.75, 3.05) is 0 Å². The molecular weight excluding hydrogens is 284 g/mol. The molecule has 118 valence electrons. The second-order valence-corrected chi connectivity index (χ2v) is 5.73. The van der Waals surface area contributed by atoms with Crippen LogP contribution in [0, 0.1) is 0 Å². The average Bonchev–Trinajstić information content (AvgIpc) is 3.00. The summed E-state index contributed by atoms with van der Waals surface area (Å²) >= 11 is 0. The molecule has 0 saturated carbocycles. The van der Waals surface area contributed by atoms with Gasteiger partial charge < -0.3 is 5.32 Å². The first kappa shape index (κ1) is 15.3. The number of nitrogens with zero attached hydrogens (tertiary/aromatic N) is 3. The number of fused-ring (bicyclic) bond motifs is 3. The Morgan fingerprint density at radius 2 is 2.09 bits per heavy atom. The lowest BCUT2D eigenvalue weighted by molar-refractivity contribution is 0.460. The second-order valence-electron chi connectivity index (χ2n) is 5.73. The summed E-state index contributed by atoms with van der Waals surface area (Å²) in [6.07, 6.45) is 4.68. The Labute approximate surface area is 137 Å². The minimum atomic E-state index is 0.263. The van der Waals surface area contributed by atoms with Gasteiger partial charge >= 0.3 is 0 Å².